The van der Waals surface area contributed by atoms with E-state index >= 15 is 0 Å². The minimum absolute atomic E-state index is 0.105. The molecule has 11 nitrogen and oxygen atoms in total. The Bertz CT molecular complexity index is 2050. The number of sulfonamides is 1. The average molecular weight is 669 g/mol. The van der Waals surface area contributed by atoms with Gasteiger partial charge in [0.15, 0.2) is 0 Å². The minimum atomic E-state index is -4.92. The number of carbonyl (C=O) groups excluding carboxylic acids is 1. The number of nitrogens with one attached hydrogen (secondary N) is 1. The third-order valence-corrected chi connectivity index (χ3v) is 10.1. The molecular weight excluding hydrogens is 631 g/mol. The second-order valence-corrected chi connectivity index (χ2v) is 13.5. The van der Waals surface area contributed by atoms with Crippen molar-refractivity contribution in [3.05, 3.63) is 60.0 Å². The number of rotatable bonds is 13. The molecule has 0 atom stereocenters. The van der Waals surface area contributed by atoms with Crippen LogP contribution in [0.2, 0.25) is 0 Å². The molecule has 0 fully saturated rings. The van der Waals surface area contributed by atoms with Crippen LogP contribution in [0.5, 0.6) is 0 Å². The van der Waals surface area contributed by atoms with E-state index in [0.29, 0.717) is 27.9 Å². The van der Waals surface area contributed by atoms with Crippen molar-refractivity contribution >= 4 is 42.8 Å². The predicted octanol–water partition coefficient (Wildman–Crippen LogP) is 3.95. The van der Waals surface area contributed by atoms with Crippen LogP contribution in [0, 0.1) is 12.3 Å². The van der Waals surface area contributed by atoms with E-state index in [-0.39, 0.29) is 30.0 Å². The molecule has 2 N–H and O–H groups in total. The van der Waals surface area contributed by atoms with E-state index in [4.69, 9.17) is 15.6 Å². The average Bonchev–Trinajstić information content (AvgIpc) is 3.03. The molecule has 0 saturated heterocycles. The van der Waals surface area contributed by atoms with Gasteiger partial charge < -0.3 is 14.1 Å². The number of carbonyl (C=O) groups is 1. The summed E-state index contributed by atoms with van der Waals surface area (Å²) in [6.45, 7) is 11.0. The molecule has 244 valence electrons. The summed E-state index contributed by atoms with van der Waals surface area (Å²) >= 11 is 0. The van der Waals surface area contributed by atoms with Crippen LogP contribution in [-0.2, 0) is 29.7 Å². The van der Waals surface area contributed by atoms with Crippen LogP contribution in [0.4, 0.5) is 5.69 Å². The summed E-state index contributed by atoms with van der Waals surface area (Å²) in [7, 11) is -9.13. The molecule has 1 aliphatic carbocycles. The van der Waals surface area contributed by atoms with Crippen molar-refractivity contribution in [2.75, 3.05) is 44.2 Å². The van der Waals surface area contributed by atoms with Crippen molar-refractivity contribution in [2.24, 2.45) is 0 Å². The van der Waals surface area contributed by atoms with E-state index in [9.17, 15) is 26.2 Å². The lowest BCUT2D eigenvalue weighted by Crippen LogP contribution is -2.29. The Morgan fingerprint density at radius 2 is 1.67 bits per heavy atom. The standard InChI is InChI=1S/C33H37N3O8S2/c1-6-32(37)43-19-11-18-34-45(38,39)25-14-17-28(31(22-25)46(40,41)42)33-26-15-12-23(35(7-2)8-3)20-29(26)44-30-21-24(13-16-27(30)33)36(9-4)10-5/h1,12-17,20-22,34H,7-11,18-19H2,2-5H3/p+1. The van der Waals surface area contributed by atoms with E-state index in [2.05, 4.69) is 14.2 Å². The zero-order chi connectivity index (χ0) is 33.6. The Morgan fingerprint density at radius 1 is 0.978 bits per heavy atom. The number of esters is 1. The van der Waals surface area contributed by atoms with Gasteiger partial charge in [0.1, 0.15) is 29.3 Å². The fourth-order valence-electron chi connectivity index (χ4n) is 5.39. The van der Waals surface area contributed by atoms with Crippen molar-refractivity contribution in [1.82, 2.24) is 9.30 Å². The molecule has 1 aliphatic heterocycles. The first kappa shape index (κ1) is 34.6. The first-order valence-electron chi connectivity index (χ1n) is 15.0. The summed E-state index contributed by atoms with van der Waals surface area (Å²) in [5, 5.41) is 1.50. The maximum atomic E-state index is 13.1. The fourth-order valence-corrected chi connectivity index (χ4v) is 7.29. The van der Waals surface area contributed by atoms with Gasteiger partial charge in [-0.05, 0) is 64.4 Å². The summed E-state index contributed by atoms with van der Waals surface area (Å²) in [5.41, 5.74) is 2.57. The molecule has 0 amide bonds. The summed E-state index contributed by atoms with van der Waals surface area (Å²) in [6.07, 6.45) is 5.07. The normalized spacial score (nSPS) is 11.8. The molecule has 0 spiro atoms. The Morgan fingerprint density at radius 3 is 2.30 bits per heavy atom. The lowest BCUT2D eigenvalue weighted by molar-refractivity contribution is -0.136. The van der Waals surface area contributed by atoms with E-state index in [1.54, 1.807) is 5.92 Å². The molecule has 2 aromatic rings. The molecule has 0 radical (unpaired) electrons. The molecule has 0 aromatic heterocycles. The topological polar surface area (TPSA) is 146 Å². The number of hydrogen-bond donors (Lipinski definition) is 2. The van der Waals surface area contributed by atoms with Crippen LogP contribution in [0.25, 0.3) is 33.4 Å². The second-order valence-electron chi connectivity index (χ2n) is 10.3. The van der Waals surface area contributed by atoms with Crippen LogP contribution in [0.3, 0.4) is 0 Å². The number of terminal acetylenes is 1. The van der Waals surface area contributed by atoms with E-state index in [0.717, 1.165) is 43.3 Å². The number of ether oxygens (including phenoxy) is 1. The van der Waals surface area contributed by atoms with Gasteiger partial charge in [0.25, 0.3) is 10.1 Å². The van der Waals surface area contributed by atoms with E-state index in [1.165, 1.54) is 12.1 Å². The van der Waals surface area contributed by atoms with Gasteiger partial charge in [-0.25, -0.2) is 22.5 Å². The molecule has 2 aliphatic rings. The SMILES string of the molecule is C#CC(=O)OCCCNS(=O)(=O)c1ccc(-c2c3ccc(=[N+](CC)CC)cc-3oc3cc(N(CC)CC)ccc23)c(S(=O)(=O)O)c1. The van der Waals surface area contributed by atoms with Gasteiger partial charge in [0.2, 0.25) is 15.4 Å². The van der Waals surface area contributed by atoms with Crippen molar-refractivity contribution in [3.63, 3.8) is 0 Å². The van der Waals surface area contributed by atoms with Crippen molar-refractivity contribution < 1.29 is 35.3 Å². The first-order valence-corrected chi connectivity index (χ1v) is 17.9. The number of hydrogen-bond acceptors (Lipinski definition) is 8. The number of benzene rings is 3. The molecular formula is C33H38N3O8S2+. The Labute approximate surface area is 269 Å². The highest BCUT2D eigenvalue weighted by atomic mass is 32.2. The Hall–Kier alpha value is -4.22. The number of anilines is 1. The van der Waals surface area contributed by atoms with E-state index in [1.807, 2.05) is 64.1 Å². The summed E-state index contributed by atoms with van der Waals surface area (Å²) in [5.74, 6) is 1.43. The highest BCUT2D eigenvalue weighted by molar-refractivity contribution is 7.89. The molecule has 0 saturated carbocycles. The molecule has 1 heterocycles. The van der Waals surface area contributed by atoms with Crippen LogP contribution in [0.1, 0.15) is 34.1 Å². The van der Waals surface area contributed by atoms with Gasteiger partial charge >= 0.3 is 5.97 Å². The zero-order valence-electron chi connectivity index (χ0n) is 26.2. The molecule has 2 aromatic carbocycles. The Balaban J connectivity index is 1.93. The van der Waals surface area contributed by atoms with Crippen LogP contribution in [0.15, 0.2) is 68.8 Å². The lowest BCUT2D eigenvalue weighted by Gasteiger charge is -2.22. The van der Waals surface area contributed by atoms with Gasteiger partial charge in [-0.2, -0.15) is 8.42 Å². The molecule has 46 heavy (non-hydrogen) atoms. The highest BCUT2D eigenvalue weighted by Gasteiger charge is 2.27. The Kier molecular flexibility index (Phi) is 10.9. The molecule has 13 heteroatoms. The van der Waals surface area contributed by atoms with Crippen molar-refractivity contribution in [1.29, 1.82) is 0 Å². The zero-order valence-corrected chi connectivity index (χ0v) is 27.9. The second kappa shape index (κ2) is 14.5. The minimum Gasteiger partial charge on any atom is -0.456 e. The van der Waals surface area contributed by atoms with Crippen LogP contribution >= 0.6 is 0 Å². The van der Waals surface area contributed by atoms with Crippen LogP contribution < -0.4 is 19.6 Å². The third-order valence-electron chi connectivity index (χ3n) is 7.72. The van der Waals surface area contributed by atoms with E-state index < -0.39 is 31.0 Å². The monoisotopic (exact) mass is 668 g/mol. The molecule has 0 bridgehead atoms. The van der Waals surface area contributed by atoms with Gasteiger partial charge in [0.05, 0.1) is 17.6 Å². The predicted molar refractivity (Wildman–Crippen MR) is 178 cm³/mol. The summed E-state index contributed by atoms with van der Waals surface area (Å²) < 4.78 is 78.0. The van der Waals surface area contributed by atoms with Gasteiger partial charge in [-0.1, -0.05) is 6.07 Å². The quantitative estimate of drug-likeness (QED) is 0.0411. The summed E-state index contributed by atoms with van der Waals surface area (Å²) in [4.78, 5) is 12.3. The van der Waals surface area contributed by atoms with Gasteiger partial charge in [-0.3, -0.25) is 4.55 Å². The van der Waals surface area contributed by atoms with Gasteiger partial charge in [0, 0.05) is 65.5 Å². The third kappa shape index (κ3) is 7.42. The molecule has 4 rings (SSSR count). The molecule has 0 unspecified atom stereocenters. The largest absolute Gasteiger partial charge is 0.456 e. The number of nitrogens with zero attached hydrogens (tertiary/aromatic N) is 2. The maximum Gasteiger partial charge on any atom is 0.384 e. The maximum absolute atomic E-state index is 13.1. The fraction of sp³-hybridized carbons (Fsp3) is 0.333. The van der Waals surface area contributed by atoms with Crippen molar-refractivity contribution in [3.8, 4) is 34.8 Å². The smallest absolute Gasteiger partial charge is 0.384 e. The van der Waals surface area contributed by atoms with Crippen LogP contribution in [-0.4, -0.2) is 66.7 Å². The summed E-state index contributed by atoms with van der Waals surface area (Å²) in [6, 6.07) is 14.9. The lowest BCUT2D eigenvalue weighted by atomic mass is 9.93. The number of fused-ring (bicyclic) bond motifs is 2. The first-order chi connectivity index (χ1) is 21.9. The highest BCUT2D eigenvalue weighted by Crippen LogP contribution is 2.43. The van der Waals surface area contributed by atoms with Crippen molar-refractivity contribution in [2.45, 2.75) is 43.9 Å². The van der Waals surface area contributed by atoms with Gasteiger partial charge in [-0.15, -0.1) is 6.42 Å².